The monoisotopic (exact) mass is 280 g/mol. The highest BCUT2D eigenvalue weighted by molar-refractivity contribution is 5.97. The van der Waals surface area contributed by atoms with Crippen LogP contribution in [0.1, 0.15) is 6.42 Å². The van der Waals surface area contributed by atoms with E-state index in [9.17, 15) is 4.79 Å². The van der Waals surface area contributed by atoms with Gasteiger partial charge in [-0.2, -0.15) is 0 Å². The molecular weight excluding hydrogens is 260 g/mol. The lowest BCUT2D eigenvalue weighted by atomic mass is 10.0. The number of carbonyl (C=O) groups excluding carboxylic acids is 1. The third-order valence-electron chi connectivity index (χ3n) is 4.03. The molecule has 1 aliphatic heterocycles. The Morgan fingerprint density at radius 3 is 2.52 bits per heavy atom. The van der Waals surface area contributed by atoms with Crippen LogP contribution in [0.15, 0.2) is 54.6 Å². The summed E-state index contributed by atoms with van der Waals surface area (Å²) in [6, 6.07) is 18.1. The number of likely N-dealkylation sites (tertiary alicyclic amines) is 1. The van der Waals surface area contributed by atoms with E-state index >= 15 is 0 Å². The number of carbonyl (C=O) groups is 1. The fraction of sp³-hybridized carbons (Fsp3) is 0.278. The molecule has 0 spiro atoms. The Kier molecular flexibility index (Phi) is 4.02. The van der Waals surface area contributed by atoms with Crippen LogP contribution in [0.2, 0.25) is 0 Å². The van der Waals surface area contributed by atoms with Crippen LogP contribution in [0, 0.1) is 5.92 Å². The van der Waals surface area contributed by atoms with E-state index in [4.69, 9.17) is 0 Å². The van der Waals surface area contributed by atoms with E-state index in [1.165, 1.54) is 0 Å². The molecule has 0 saturated carbocycles. The van der Waals surface area contributed by atoms with Crippen LogP contribution in [-0.4, -0.2) is 30.9 Å². The molecule has 3 nitrogen and oxygen atoms in total. The third kappa shape index (κ3) is 3.14. The highest BCUT2D eigenvalue weighted by Gasteiger charge is 2.26. The van der Waals surface area contributed by atoms with Gasteiger partial charge in [0.05, 0.1) is 5.92 Å². The molecule has 3 rings (SSSR count). The van der Waals surface area contributed by atoms with E-state index in [1.54, 1.807) is 0 Å². The summed E-state index contributed by atoms with van der Waals surface area (Å²) in [6.07, 6.45) is 0.940. The van der Waals surface area contributed by atoms with Gasteiger partial charge in [0.2, 0.25) is 5.91 Å². The molecule has 1 amide bonds. The normalized spacial score (nSPS) is 18.6. The Balaban J connectivity index is 1.81. The largest absolute Gasteiger partial charge is 0.325 e. The first-order valence-corrected chi connectivity index (χ1v) is 7.38. The van der Waals surface area contributed by atoms with Crippen LogP contribution >= 0.6 is 0 Å². The van der Waals surface area contributed by atoms with Crippen LogP contribution < -0.4 is 5.32 Å². The maximum absolute atomic E-state index is 12.4. The molecule has 1 fully saturated rings. The quantitative estimate of drug-likeness (QED) is 0.936. The van der Waals surface area contributed by atoms with Gasteiger partial charge in [0.1, 0.15) is 0 Å². The molecule has 2 aromatic rings. The predicted molar refractivity (Wildman–Crippen MR) is 86.1 cm³/mol. The van der Waals surface area contributed by atoms with E-state index in [0.717, 1.165) is 36.3 Å². The minimum atomic E-state index is 0.0961. The molecule has 1 aliphatic rings. The molecule has 21 heavy (non-hydrogen) atoms. The first-order valence-electron chi connectivity index (χ1n) is 7.38. The maximum atomic E-state index is 12.4. The SMILES string of the molecule is CN1CC[C@@H](C(=O)Nc2ccccc2-c2ccccc2)C1. The third-order valence-corrected chi connectivity index (χ3v) is 4.03. The smallest absolute Gasteiger partial charge is 0.228 e. The number of hydrogen-bond donors (Lipinski definition) is 1. The van der Waals surface area contributed by atoms with Crippen molar-refractivity contribution in [3.8, 4) is 11.1 Å². The van der Waals surface area contributed by atoms with Gasteiger partial charge in [-0.1, -0.05) is 48.5 Å². The number of para-hydroxylation sites is 1. The Hall–Kier alpha value is -2.13. The summed E-state index contributed by atoms with van der Waals surface area (Å²) < 4.78 is 0. The Bertz CT molecular complexity index is 624. The molecule has 108 valence electrons. The summed E-state index contributed by atoms with van der Waals surface area (Å²) in [5.74, 6) is 0.224. The van der Waals surface area contributed by atoms with Crippen LogP contribution in [0.4, 0.5) is 5.69 Å². The Labute approximate surface area is 125 Å². The van der Waals surface area contributed by atoms with E-state index < -0.39 is 0 Å². The maximum Gasteiger partial charge on any atom is 0.228 e. The summed E-state index contributed by atoms with van der Waals surface area (Å²) in [4.78, 5) is 14.6. The Morgan fingerprint density at radius 2 is 1.81 bits per heavy atom. The number of benzene rings is 2. The topological polar surface area (TPSA) is 32.3 Å². The highest BCUT2D eigenvalue weighted by atomic mass is 16.1. The van der Waals surface area contributed by atoms with Crippen LogP contribution in [0.3, 0.4) is 0 Å². The van der Waals surface area contributed by atoms with E-state index in [1.807, 2.05) is 42.5 Å². The highest BCUT2D eigenvalue weighted by Crippen LogP contribution is 2.28. The van der Waals surface area contributed by atoms with Crippen molar-refractivity contribution in [3.63, 3.8) is 0 Å². The Morgan fingerprint density at radius 1 is 1.10 bits per heavy atom. The van der Waals surface area contributed by atoms with Crippen LogP contribution in [0.25, 0.3) is 11.1 Å². The van der Waals surface area contributed by atoms with Crippen molar-refractivity contribution in [3.05, 3.63) is 54.6 Å². The molecule has 2 aromatic carbocycles. The minimum absolute atomic E-state index is 0.0961. The van der Waals surface area contributed by atoms with Gasteiger partial charge in [-0.15, -0.1) is 0 Å². The summed E-state index contributed by atoms with van der Waals surface area (Å²) in [6.45, 7) is 1.84. The second-order valence-corrected chi connectivity index (χ2v) is 5.65. The van der Waals surface area contributed by atoms with Gasteiger partial charge in [-0.3, -0.25) is 4.79 Å². The van der Waals surface area contributed by atoms with E-state index in [-0.39, 0.29) is 11.8 Å². The number of rotatable bonds is 3. The number of anilines is 1. The molecule has 0 aliphatic carbocycles. The fourth-order valence-electron chi connectivity index (χ4n) is 2.85. The van der Waals surface area contributed by atoms with Crippen molar-refractivity contribution in [1.29, 1.82) is 0 Å². The number of nitrogens with zero attached hydrogens (tertiary/aromatic N) is 1. The standard InChI is InChI=1S/C18H20N2O/c1-20-12-11-15(13-20)18(21)19-17-10-6-5-9-16(17)14-7-3-2-4-8-14/h2-10,15H,11-13H2,1H3,(H,19,21)/t15-/m1/s1. The molecule has 0 aromatic heterocycles. The molecular formula is C18H20N2O. The van der Waals surface area contributed by atoms with Crippen LogP contribution in [-0.2, 0) is 4.79 Å². The fourth-order valence-corrected chi connectivity index (χ4v) is 2.85. The predicted octanol–water partition coefficient (Wildman–Crippen LogP) is 3.24. The molecule has 1 N–H and O–H groups in total. The lowest BCUT2D eigenvalue weighted by Crippen LogP contribution is -2.25. The van der Waals surface area contributed by atoms with Crippen molar-refractivity contribution in [2.24, 2.45) is 5.92 Å². The van der Waals surface area contributed by atoms with Gasteiger partial charge in [-0.05, 0) is 31.6 Å². The number of hydrogen-bond acceptors (Lipinski definition) is 2. The van der Waals surface area contributed by atoms with Crippen molar-refractivity contribution in [2.75, 3.05) is 25.5 Å². The number of nitrogens with one attached hydrogen (secondary N) is 1. The summed E-state index contributed by atoms with van der Waals surface area (Å²) in [5.41, 5.74) is 3.08. The average Bonchev–Trinajstić information content (AvgIpc) is 2.95. The van der Waals surface area contributed by atoms with Crippen molar-refractivity contribution in [2.45, 2.75) is 6.42 Å². The molecule has 1 atom stereocenters. The van der Waals surface area contributed by atoms with Crippen molar-refractivity contribution in [1.82, 2.24) is 4.90 Å². The molecule has 1 heterocycles. The van der Waals surface area contributed by atoms with Gasteiger partial charge in [0.25, 0.3) is 0 Å². The van der Waals surface area contributed by atoms with Gasteiger partial charge in [0, 0.05) is 17.8 Å². The molecule has 3 heteroatoms. The lowest BCUT2D eigenvalue weighted by molar-refractivity contribution is -0.119. The van der Waals surface area contributed by atoms with Gasteiger partial charge < -0.3 is 10.2 Å². The lowest BCUT2D eigenvalue weighted by Gasteiger charge is -2.14. The molecule has 0 unspecified atom stereocenters. The van der Waals surface area contributed by atoms with Gasteiger partial charge >= 0.3 is 0 Å². The minimum Gasteiger partial charge on any atom is -0.325 e. The van der Waals surface area contributed by atoms with Gasteiger partial charge in [0.15, 0.2) is 0 Å². The zero-order valence-corrected chi connectivity index (χ0v) is 12.3. The molecule has 0 bridgehead atoms. The number of amides is 1. The molecule has 1 saturated heterocycles. The first-order chi connectivity index (χ1) is 10.2. The molecule has 0 radical (unpaired) electrons. The van der Waals surface area contributed by atoms with Crippen molar-refractivity contribution < 1.29 is 4.79 Å². The zero-order valence-electron chi connectivity index (χ0n) is 12.3. The van der Waals surface area contributed by atoms with Crippen molar-refractivity contribution >= 4 is 11.6 Å². The second kappa shape index (κ2) is 6.10. The van der Waals surface area contributed by atoms with Crippen LogP contribution in [0.5, 0.6) is 0 Å². The van der Waals surface area contributed by atoms with E-state index in [2.05, 4.69) is 29.4 Å². The summed E-state index contributed by atoms with van der Waals surface area (Å²) in [7, 11) is 2.06. The van der Waals surface area contributed by atoms with Gasteiger partial charge in [-0.25, -0.2) is 0 Å². The average molecular weight is 280 g/mol. The summed E-state index contributed by atoms with van der Waals surface area (Å²) >= 11 is 0. The zero-order chi connectivity index (χ0) is 14.7. The first kappa shape index (κ1) is 13.8. The second-order valence-electron chi connectivity index (χ2n) is 5.65. The van der Waals surface area contributed by atoms with E-state index in [0.29, 0.717) is 0 Å². The summed E-state index contributed by atoms with van der Waals surface area (Å²) in [5, 5.41) is 3.11.